The van der Waals surface area contributed by atoms with Gasteiger partial charge in [0.15, 0.2) is 0 Å². The molecule has 78 valence electrons. The number of hydrogen-bond acceptors (Lipinski definition) is 3. The average molecular weight is 185 g/mol. The van der Waals surface area contributed by atoms with E-state index in [1.165, 1.54) is 32.5 Å². The van der Waals surface area contributed by atoms with Crippen molar-refractivity contribution in [1.82, 2.24) is 15.1 Å². The maximum atomic E-state index is 3.60. The van der Waals surface area contributed by atoms with Crippen LogP contribution < -0.4 is 5.32 Å². The van der Waals surface area contributed by atoms with Crippen LogP contribution in [0.3, 0.4) is 0 Å². The van der Waals surface area contributed by atoms with Gasteiger partial charge in [-0.05, 0) is 53.6 Å². The molecule has 1 fully saturated rings. The zero-order valence-corrected chi connectivity index (χ0v) is 9.21. The molecule has 1 aliphatic heterocycles. The Kier molecular flexibility index (Phi) is 4.70. The first kappa shape index (κ1) is 11.0. The lowest BCUT2D eigenvalue weighted by Crippen LogP contribution is -2.33. The molecule has 0 aromatic rings. The fraction of sp³-hybridized carbons (Fsp3) is 1.00. The third kappa shape index (κ3) is 4.60. The fourth-order valence-electron chi connectivity index (χ4n) is 1.80. The maximum Gasteiger partial charge on any atom is 0.0207 e. The SMILES string of the molecule is CN(C)CCCNC1CCN(C)C1. The fourth-order valence-corrected chi connectivity index (χ4v) is 1.80. The molecule has 0 aromatic carbocycles. The highest BCUT2D eigenvalue weighted by Crippen LogP contribution is 2.05. The van der Waals surface area contributed by atoms with Crippen LogP contribution in [0.25, 0.3) is 0 Å². The van der Waals surface area contributed by atoms with Gasteiger partial charge in [-0.3, -0.25) is 0 Å². The predicted molar refractivity (Wildman–Crippen MR) is 57.1 cm³/mol. The highest BCUT2D eigenvalue weighted by Gasteiger charge is 2.17. The smallest absolute Gasteiger partial charge is 0.0207 e. The Morgan fingerprint density at radius 1 is 1.46 bits per heavy atom. The molecular weight excluding hydrogens is 162 g/mol. The van der Waals surface area contributed by atoms with Gasteiger partial charge < -0.3 is 15.1 Å². The highest BCUT2D eigenvalue weighted by atomic mass is 15.2. The number of nitrogens with one attached hydrogen (secondary N) is 1. The normalized spacial score (nSPS) is 24.5. The lowest BCUT2D eigenvalue weighted by atomic mass is 10.2. The van der Waals surface area contributed by atoms with E-state index in [9.17, 15) is 0 Å². The van der Waals surface area contributed by atoms with E-state index in [1.54, 1.807) is 0 Å². The van der Waals surface area contributed by atoms with Crippen molar-refractivity contribution in [3.8, 4) is 0 Å². The van der Waals surface area contributed by atoms with E-state index in [4.69, 9.17) is 0 Å². The Hall–Kier alpha value is -0.120. The van der Waals surface area contributed by atoms with Crippen molar-refractivity contribution in [1.29, 1.82) is 0 Å². The van der Waals surface area contributed by atoms with Crippen LogP contribution in [0.15, 0.2) is 0 Å². The van der Waals surface area contributed by atoms with Crippen molar-refractivity contribution in [2.75, 3.05) is 47.3 Å². The first-order chi connectivity index (χ1) is 6.18. The van der Waals surface area contributed by atoms with Gasteiger partial charge in [0.25, 0.3) is 0 Å². The average Bonchev–Trinajstić information content (AvgIpc) is 2.45. The monoisotopic (exact) mass is 185 g/mol. The van der Waals surface area contributed by atoms with Crippen molar-refractivity contribution in [2.24, 2.45) is 0 Å². The van der Waals surface area contributed by atoms with Crippen LogP contribution in [-0.4, -0.2) is 63.2 Å². The van der Waals surface area contributed by atoms with Crippen molar-refractivity contribution in [2.45, 2.75) is 18.9 Å². The van der Waals surface area contributed by atoms with E-state index in [2.05, 4.69) is 36.3 Å². The van der Waals surface area contributed by atoms with Gasteiger partial charge in [-0.15, -0.1) is 0 Å². The molecule has 1 atom stereocenters. The number of hydrogen-bond donors (Lipinski definition) is 1. The highest BCUT2D eigenvalue weighted by molar-refractivity contribution is 4.78. The summed E-state index contributed by atoms with van der Waals surface area (Å²) in [7, 11) is 6.45. The summed E-state index contributed by atoms with van der Waals surface area (Å²) in [6, 6.07) is 0.743. The van der Waals surface area contributed by atoms with Crippen LogP contribution in [0.4, 0.5) is 0 Å². The van der Waals surface area contributed by atoms with Crippen LogP contribution in [-0.2, 0) is 0 Å². The molecule has 3 nitrogen and oxygen atoms in total. The summed E-state index contributed by atoms with van der Waals surface area (Å²) >= 11 is 0. The molecular formula is C10H23N3. The Morgan fingerprint density at radius 3 is 2.77 bits per heavy atom. The van der Waals surface area contributed by atoms with Gasteiger partial charge in [0.05, 0.1) is 0 Å². The van der Waals surface area contributed by atoms with Gasteiger partial charge in [-0.2, -0.15) is 0 Å². The quantitative estimate of drug-likeness (QED) is 0.619. The van der Waals surface area contributed by atoms with Crippen molar-refractivity contribution in [3.05, 3.63) is 0 Å². The van der Waals surface area contributed by atoms with Gasteiger partial charge in [0.2, 0.25) is 0 Å². The lowest BCUT2D eigenvalue weighted by Gasteiger charge is -2.14. The van der Waals surface area contributed by atoms with Crippen molar-refractivity contribution in [3.63, 3.8) is 0 Å². The van der Waals surface area contributed by atoms with E-state index in [-0.39, 0.29) is 0 Å². The summed E-state index contributed by atoms with van der Waals surface area (Å²) in [5.41, 5.74) is 0. The van der Waals surface area contributed by atoms with Crippen LogP contribution in [0.5, 0.6) is 0 Å². The van der Waals surface area contributed by atoms with Crippen LogP contribution in [0, 0.1) is 0 Å². The molecule has 0 radical (unpaired) electrons. The van der Waals surface area contributed by atoms with Gasteiger partial charge in [0.1, 0.15) is 0 Å². The van der Waals surface area contributed by atoms with E-state index in [0.29, 0.717) is 0 Å². The lowest BCUT2D eigenvalue weighted by molar-refractivity contribution is 0.375. The molecule has 1 saturated heterocycles. The number of likely N-dealkylation sites (tertiary alicyclic amines) is 1. The molecule has 0 amide bonds. The molecule has 0 saturated carbocycles. The molecule has 0 bridgehead atoms. The van der Waals surface area contributed by atoms with E-state index in [0.717, 1.165) is 12.6 Å². The van der Waals surface area contributed by atoms with Crippen LogP contribution >= 0.6 is 0 Å². The van der Waals surface area contributed by atoms with E-state index < -0.39 is 0 Å². The number of likely N-dealkylation sites (N-methyl/N-ethyl adjacent to an activating group) is 1. The van der Waals surface area contributed by atoms with Gasteiger partial charge in [-0.25, -0.2) is 0 Å². The summed E-state index contributed by atoms with van der Waals surface area (Å²) in [5, 5.41) is 3.60. The van der Waals surface area contributed by atoms with Crippen LogP contribution in [0.1, 0.15) is 12.8 Å². The molecule has 3 heteroatoms. The molecule has 1 N–H and O–H groups in total. The largest absolute Gasteiger partial charge is 0.313 e. The second-order valence-electron chi connectivity index (χ2n) is 4.36. The number of nitrogens with zero attached hydrogens (tertiary/aromatic N) is 2. The zero-order valence-electron chi connectivity index (χ0n) is 9.21. The molecule has 0 spiro atoms. The summed E-state index contributed by atoms with van der Waals surface area (Å²) in [6.07, 6.45) is 2.58. The maximum absolute atomic E-state index is 3.60. The topological polar surface area (TPSA) is 18.5 Å². The Morgan fingerprint density at radius 2 is 2.23 bits per heavy atom. The van der Waals surface area contributed by atoms with Crippen LogP contribution in [0.2, 0.25) is 0 Å². The molecule has 1 rings (SSSR count). The second kappa shape index (κ2) is 5.58. The number of rotatable bonds is 5. The second-order valence-corrected chi connectivity index (χ2v) is 4.36. The minimum atomic E-state index is 0.743. The van der Waals surface area contributed by atoms with E-state index in [1.807, 2.05) is 0 Å². The summed E-state index contributed by atoms with van der Waals surface area (Å²) in [5.74, 6) is 0. The summed E-state index contributed by atoms with van der Waals surface area (Å²) in [6.45, 7) is 4.83. The van der Waals surface area contributed by atoms with Gasteiger partial charge in [-0.1, -0.05) is 0 Å². The minimum absolute atomic E-state index is 0.743. The molecule has 13 heavy (non-hydrogen) atoms. The van der Waals surface area contributed by atoms with Crippen molar-refractivity contribution >= 4 is 0 Å². The zero-order chi connectivity index (χ0) is 9.68. The standard InChI is InChI=1S/C10H23N3/c1-12(2)7-4-6-11-10-5-8-13(3)9-10/h10-11H,4-9H2,1-3H3. The summed E-state index contributed by atoms with van der Waals surface area (Å²) < 4.78 is 0. The summed E-state index contributed by atoms with van der Waals surface area (Å²) in [4.78, 5) is 4.63. The Balaban J connectivity index is 1.94. The molecule has 1 aliphatic rings. The van der Waals surface area contributed by atoms with Crippen molar-refractivity contribution < 1.29 is 0 Å². The first-order valence-electron chi connectivity index (χ1n) is 5.25. The van der Waals surface area contributed by atoms with Gasteiger partial charge >= 0.3 is 0 Å². The molecule has 1 heterocycles. The molecule has 1 unspecified atom stereocenters. The third-order valence-electron chi connectivity index (χ3n) is 2.61. The molecule has 0 aliphatic carbocycles. The Labute approximate surface area is 82.1 Å². The minimum Gasteiger partial charge on any atom is -0.313 e. The van der Waals surface area contributed by atoms with Gasteiger partial charge in [0, 0.05) is 12.6 Å². The van der Waals surface area contributed by atoms with E-state index >= 15 is 0 Å². The molecule has 0 aromatic heterocycles. The Bertz CT molecular complexity index is 136. The first-order valence-corrected chi connectivity index (χ1v) is 5.25. The third-order valence-corrected chi connectivity index (χ3v) is 2.61. The predicted octanol–water partition coefficient (Wildman–Crippen LogP) is 0.232.